The quantitative estimate of drug-likeness (QED) is 0.709. The number of aromatic nitrogens is 2. The van der Waals surface area contributed by atoms with E-state index in [1.165, 1.54) is 11.1 Å². The molecule has 2 heteroatoms. The molecule has 0 bridgehead atoms. The van der Waals surface area contributed by atoms with Crippen LogP contribution in [0.25, 0.3) is 5.52 Å². The minimum Gasteiger partial charge on any atom is -0.240 e. The van der Waals surface area contributed by atoms with Gasteiger partial charge in [-0.05, 0) is 23.6 Å². The molecule has 0 radical (unpaired) electrons. The van der Waals surface area contributed by atoms with Crippen LogP contribution in [0.2, 0.25) is 0 Å². The fraction of sp³-hybridized carbons (Fsp3) is 0.500. The molecule has 2 aromatic heterocycles. The first kappa shape index (κ1) is 11.2. The van der Waals surface area contributed by atoms with Crippen LogP contribution < -0.4 is 0 Å². The van der Waals surface area contributed by atoms with Crippen LogP contribution in [0, 0.1) is 0 Å². The second kappa shape index (κ2) is 3.62. The zero-order chi connectivity index (χ0) is 11.9. The Hall–Kier alpha value is -1.31. The van der Waals surface area contributed by atoms with E-state index in [4.69, 9.17) is 0 Å². The molecule has 0 aliphatic rings. The van der Waals surface area contributed by atoms with Gasteiger partial charge in [-0.25, -0.2) is 4.52 Å². The highest BCUT2D eigenvalue weighted by atomic mass is 15.2. The van der Waals surface area contributed by atoms with Crippen LogP contribution >= 0.6 is 0 Å². The van der Waals surface area contributed by atoms with E-state index in [1.807, 2.05) is 4.52 Å². The third kappa shape index (κ3) is 1.97. The molecule has 0 amide bonds. The van der Waals surface area contributed by atoms with Gasteiger partial charge in [-0.2, -0.15) is 5.10 Å². The van der Waals surface area contributed by atoms with Crippen LogP contribution in [0.1, 0.15) is 51.8 Å². The molecule has 0 aromatic carbocycles. The van der Waals surface area contributed by atoms with Crippen molar-refractivity contribution >= 4 is 5.52 Å². The molecule has 0 saturated heterocycles. The topological polar surface area (TPSA) is 17.3 Å². The third-order valence-electron chi connectivity index (χ3n) is 2.92. The molecule has 2 heterocycles. The number of pyridine rings is 1. The van der Waals surface area contributed by atoms with Crippen LogP contribution in [-0.4, -0.2) is 9.61 Å². The molecule has 0 N–H and O–H groups in total. The summed E-state index contributed by atoms with van der Waals surface area (Å²) >= 11 is 0. The van der Waals surface area contributed by atoms with E-state index >= 15 is 0 Å². The van der Waals surface area contributed by atoms with Gasteiger partial charge in [0.1, 0.15) is 0 Å². The van der Waals surface area contributed by atoms with Crippen molar-refractivity contribution in [2.24, 2.45) is 0 Å². The van der Waals surface area contributed by atoms with Crippen molar-refractivity contribution < 1.29 is 0 Å². The monoisotopic (exact) mass is 216 g/mol. The first-order valence-electron chi connectivity index (χ1n) is 5.88. The predicted molar refractivity (Wildman–Crippen MR) is 68.0 cm³/mol. The summed E-state index contributed by atoms with van der Waals surface area (Å²) in [7, 11) is 0. The third-order valence-corrected chi connectivity index (χ3v) is 2.92. The lowest BCUT2D eigenvalue weighted by molar-refractivity contribution is 0.562. The highest BCUT2D eigenvalue weighted by molar-refractivity contribution is 5.49. The van der Waals surface area contributed by atoms with Gasteiger partial charge in [-0.15, -0.1) is 0 Å². The lowest BCUT2D eigenvalue weighted by atomic mass is 9.92. The normalized spacial score (nSPS) is 12.6. The van der Waals surface area contributed by atoms with E-state index in [9.17, 15) is 0 Å². The summed E-state index contributed by atoms with van der Waals surface area (Å²) in [5.74, 6) is 0.548. The van der Waals surface area contributed by atoms with E-state index in [0.29, 0.717) is 5.92 Å². The minimum atomic E-state index is 0.115. The van der Waals surface area contributed by atoms with Crippen LogP contribution in [0.5, 0.6) is 0 Å². The zero-order valence-corrected chi connectivity index (χ0v) is 10.8. The summed E-state index contributed by atoms with van der Waals surface area (Å²) in [4.78, 5) is 0. The number of rotatable bonds is 1. The highest BCUT2D eigenvalue weighted by Crippen LogP contribution is 2.23. The van der Waals surface area contributed by atoms with Crippen LogP contribution in [0.15, 0.2) is 24.4 Å². The van der Waals surface area contributed by atoms with E-state index in [1.54, 1.807) is 0 Å². The molecule has 0 aliphatic carbocycles. The molecule has 0 aliphatic heterocycles. The maximum Gasteiger partial charge on any atom is 0.0688 e. The highest BCUT2D eigenvalue weighted by Gasteiger charge is 2.17. The Labute approximate surface area is 97.3 Å². The predicted octanol–water partition coefficient (Wildman–Crippen LogP) is 3.76. The smallest absolute Gasteiger partial charge is 0.0688 e. The van der Waals surface area contributed by atoms with Gasteiger partial charge in [-0.3, -0.25) is 0 Å². The standard InChI is InChI=1S/C14H20N2/c1-10(2)11-6-7-12-8-13(14(3,4)5)15-16(12)9-11/h6-10H,1-5H3. The van der Waals surface area contributed by atoms with Crippen molar-refractivity contribution in [1.29, 1.82) is 0 Å². The Morgan fingerprint density at radius 2 is 1.88 bits per heavy atom. The molecule has 0 atom stereocenters. The summed E-state index contributed by atoms with van der Waals surface area (Å²) in [6.07, 6.45) is 2.13. The molecule has 2 nitrogen and oxygen atoms in total. The first-order chi connectivity index (χ1) is 7.38. The average Bonchev–Trinajstić information content (AvgIpc) is 2.58. The Morgan fingerprint density at radius 3 is 2.44 bits per heavy atom. The van der Waals surface area contributed by atoms with Crippen LogP contribution in [0.4, 0.5) is 0 Å². The summed E-state index contributed by atoms with van der Waals surface area (Å²) in [6, 6.07) is 6.51. The van der Waals surface area contributed by atoms with Crippen molar-refractivity contribution in [3.05, 3.63) is 35.7 Å². The number of hydrogen-bond donors (Lipinski definition) is 0. The summed E-state index contributed by atoms with van der Waals surface area (Å²) < 4.78 is 2.00. The van der Waals surface area contributed by atoms with E-state index in [2.05, 4.69) is 64.1 Å². The number of hydrogen-bond acceptors (Lipinski definition) is 1. The average molecular weight is 216 g/mol. The molecule has 0 fully saturated rings. The van der Waals surface area contributed by atoms with Gasteiger partial charge >= 0.3 is 0 Å². The van der Waals surface area contributed by atoms with Crippen molar-refractivity contribution in [2.45, 2.75) is 46.0 Å². The van der Waals surface area contributed by atoms with Gasteiger partial charge in [-0.1, -0.05) is 40.7 Å². The van der Waals surface area contributed by atoms with Crippen molar-refractivity contribution in [3.8, 4) is 0 Å². The molecule has 86 valence electrons. The first-order valence-corrected chi connectivity index (χ1v) is 5.88. The van der Waals surface area contributed by atoms with E-state index in [-0.39, 0.29) is 5.41 Å². The Morgan fingerprint density at radius 1 is 1.19 bits per heavy atom. The van der Waals surface area contributed by atoms with Gasteiger partial charge in [0, 0.05) is 11.6 Å². The maximum absolute atomic E-state index is 4.64. The van der Waals surface area contributed by atoms with Gasteiger partial charge in [0.05, 0.1) is 11.2 Å². The van der Waals surface area contributed by atoms with Crippen molar-refractivity contribution in [3.63, 3.8) is 0 Å². The fourth-order valence-corrected chi connectivity index (χ4v) is 1.71. The van der Waals surface area contributed by atoms with Gasteiger partial charge in [0.15, 0.2) is 0 Å². The van der Waals surface area contributed by atoms with Gasteiger partial charge in [0.25, 0.3) is 0 Å². The summed E-state index contributed by atoms with van der Waals surface area (Å²) in [5, 5.41) is 4.64. The minimum absolute atomic E-state index is 0.115. The van der Waals surface area contributed by atoms with Gasteiger partial charge < -0.3 is 0 Å². The Bertz CT molecular complexity index is 501. The molecule has 0 unspecified atom stereocenters. The maximum atomic E-state index is 4.64. The zero-order valence-electron chi connectivity index (χ0n) is 10.8. The largest absolute Gasteiger partial charge is 0.240 e. The lowest BCUT2D eigenvalue weighted by Gasteiger charge is -2.13. The van der Waals surface area contributed by atoms with E-state index in [0.717, 1.165) is 5.69 Å². The second-order valence-corrected chi connectivity index (χ2v) is 5.77. The molecule has 2 rings (SSSR count). The molecular weight excluding hydrogens is 196 g/mol. The second-order valence-electron chi connectivity index (χ2n) is 5.77. The van der Waals surface area contributed by atoms with Crippen LogP contribution in [-0.2, 0) is 5.41 Å². The summed E-state index contributed by atoms with van der Waals surface area (Å²) in [5.41, 5.74) is 3.77. The lowest BCUT2D eigenvalue weighted by Crippen LogP contribution is -2.11. The SMILES string of the molecule is CC(C)c1ccc2cc(C(C)(C)C)nn2c1. The van der Waals surface area contributed by atoms with Crippen molar-refractivity contribution in [2.75, 3.05) is 0 Å². The van der Waals surface area contributed by atoms with E-state index < -0.39 is 0 Å². The molecule has 2 aromatic rings. The Balaban J connectivity index is 2.54. The number of nitrogens with zero attached hydrogens (tertiary/aromatic N) is 2. The molecule has 16 heavy (non-hydrogen) atoms. The molecule has 0 spiro atoms. The molecular formula is C14H20N2. The summed E-state index contributed by atoms with van der Waals surface area (Å²) in [6.45, 7) is 11.0. The van der Waals surface area contributed by atoms with Gasteiger partial charge in [0.2, 0.25) is 0 Å². The number of fused-ring (bicyclic) bond motifs is 1. The Kier molecular flexibility index (Phi) is 2.53. The molecule has 0 saturated carbocycles. The van der Waals surface area contributed by atoms with Crippen LogP contribution in [0.3, 0.4) is 0 Å². The van der Waals surface area contributed by atoms with Crippen molar-refractivity contribution in [1.82, 2.24) is 9.61 Å². The fourth-order valence-electron chi connectivity index (χ4n) is 1.71.